The van der Waals surface area contributed by atoms with Crippen molar-refractivity contribution >= 4 is 55.4 Å². The summed E-state index contributed by atoms with van der Waals surface area (Å²) in [7, 11) is -4.66. The van der Waals surface area contributed by atoms with Crippen LogP contribution in [0.3, 0.4) is 0 Å². The number of nitrogens with one attached hydrogen (secondary N) is 3. The zero-order valence-corrected chi connectivity index (χ0v) is 41.6. The molecule has 1 spiro atoms. The van der Waals surface area contributed by atoms with E-state index in [1.165, 1.54) is 29.5 Å². The average molecular weight is 1010 g/mol. The smallest absolute Gasteiger partial charge is 0.293 e. The first-order valence-electron chi connectivity index (χ1n) is 25.5. The highest BCUT2D eigenvalue weighted by Gasteiger charge is 2.50. The summed E-state index contributed by atoms with van der Waals surface area (Å²) in [5, 5.41) is 15.7. The van der Waals surface area contributed by atoms with Crippen molar-refractivity contribution in [1.82, 2.24) is 19.6 Å². The van der Waals surface area contributed by atoms with Crippen molar-refractivity contribution in [2.24, 2.45) is 11.3 Å². The number of sulfonamides is 1. The average Bonchev–Trinajstić information content (AvgIpc) is 3.57. The van der Waals surface area contributed by atoms with E-state index in [9.17, 15) is 23.3 Å². The zero-order valence-electron chi connectivity index (χ0n) is 40.8. The number of hydrogen-bond acceptors (Lipinski definition) is 14. The Bertz CT molecular complexity index is 2950. The van der Waals surface area contributed by atoms with Gasteiger partial charge >= 0.3 is 0 Å². The molecule has 4 saturated heterocycles. The van der Waals surface area contributed by atoms with E-state index in [4.69, 9.17) is 23.9 Å². The number of benzene rings is 3. The molecule has 5 aromatic rings. The number of morpholine rings is 1. The minimum Gasteiger partial charge on any atom is -0.471 e. The lowest BCUT2D eigenvalue weighted by Crippen LogP contribution is -2.58. The molecule has 1 saturated carbocycles. The lowest BCUT2D eigenvalue weighted by molar-refractivity contribution is -0.384. The second kappa shape index (κ2) is 19.9. The maximum atomic E-state index is 15.4. The number of nitrogens with zero attached hydrogens (tertiary/aromatic N) is 5. The molecule has 5 aliphatic heterocycles. The molecule has 0 radical (unpaired) electrons. The van der Waals surface area contributed by atoms with E-state index in [0.717, 1.165) is 76.5 Å². The van der Waals surface area contributed by atoms with Crippen molar-refractivity contribution in [3.63, 3.8) is 0 Å². The highest BCUT2D eigenvalue weighted by Crippen LogP contribution is 2.54. The summed E-state index contributed by atoms with van der Waals surface area (Å²) in [5.74, 6) is -0.538. The predicted octanol–water partition coefficient (Wildman–Crippen LogP) is 8.59. The third-order valence-electron chi connectivity index (χ3n) is 16.2. The molecule has 6 aliphatic rings. The number of pyridine rings is 1. The lowest BCUT2D eigenvalue weighted by atomic mass is 9.59. The topological polar surface area (TPSA) is 194 Å². The number of carbonyl (C=O) groups is 1. The van der Waals surface area contributed by atoms with Crippen LogP contribution in [0.5, 0.6) is 5.88 Å². The zero-order chi connectivity index (χ0) is 49.7. The lowest BCUT2D eigenvalue weighted by Gasteiger charge is -2.57. The van der Waals surface area contributed by atoms with E-state index in [2.05, 4.69) is 62.9 Å². The Labute approximate surface area is 418 Å². The highest BCUT2D eigenvalue weighted by atomic mass is 32.2. The molecular formula is C53H63FN8O9S. The molecule has 3 aromatic carbocycles. The summed E-state index contributed by atoms with van der Waals surface area (Å²) in [5.41, 5.74) is 4.70. The van der Waals surface area contributed by atoms with E-state index in [-0.39, 0.29) is 39.9 Å². The SMILES string of the molecule is CC(C)c1ccccc1[C@@H]1COCCN1C1CC2(CCN(c3ccc(C(=O)NS(=O)(=O)c4ccc(NCC5CCOCC5)c([N+](=O)[O-])c4)c(N4c5cc6c(F)c[nH]c6nc5O[C@H]5CCOCC[C@@H]54)c3)CC2)C1. The van der Waals surface area contributed by atoms with Crippen molar-refractivity contribution in [3.8, 4) is 5.88 Å². The van der Waals surface area contributed by atoms with Crippen LogP contribution in [0.15, 0.2) is 77.8 Å². The number of anilines is 4. The number of ether oxygens (including phenoxy) is 4. The molecule has 0 unspecified atom stereocenters. The summed E-state index contributed by atoms with van der Waals surface area (Å²) < 4.78 is 70.0. The molecule has 7 heterocycles. The van der Waals surface area contributed by atoms with Crippen LogP contribution < -0.4 is 24.6 Å². The number of H-pyrrole nitrogens is 1. The van der Waals surface area contributed by atoms with Crippen LogP contribution in [0.1, 0.15) is 98.7 Å². The van der Waals surface area contributed by atoms with Crippen molar-refractivity contribution in [3.05, 3.63) is 106 Å². The Morgan fingerprint density at radius 3 is 2.47 bits per heavy atom. The fraction of sp³-hybridized carbons (Fsp3) is 0.509. The van der Waals surface area contributed by atoms with Crippen molar-refractivity contribution < 1.29 is 41.5 Å². The Kier molecular flexibility index (Phi) is 13.4. The highest BCUT2D eigenvalue weighted by molar-refractivity contribution is 7.90. The molecule has 0 bridgehead atoms. The Morgan fingerprint density at radius 2 is 1.69 bits per heavy atom. The minimum atomic E-state index is -4.66. The van der Waals surface area contributed by atoms with Gasteiger partial charge in [-0.05, 0) is 110 Å². The van der Waals surface area contributed by atoms with Gasteiger partial charge in [0.25, 0.3) is 21.6 Å². The van der Waals surface area contributed by atoms with Gasteiger partial charge in [-0.2, -0.15) is 4.98 Å². The third-order valence-corrected chi connectivity index (χ3v) is 17.5. The summed E-state index contributed by atoms with van der Waals surface area (Å²) in [6, 6.07) is 19.7. The van der Waals surface area contributed by atoms with E-state index in [0.29, 0.717) is 81.4 Å². The number of halogens is 1. The molecule has 17 nitrogen and oxygen atoms in total. The third kappa shape index (κ3) is 9.38. The van der Waals surface area contributed by atoms with Crippen LogP contribution in [0, 0.1) is 27.3 Å². The minimum absolute atomic E-state index is 0.0346. The first-order chi connectivity index (χ1) is 34.8. The van der Waals surface area contributed by atoms with Gasteiger partial charge in [-0.3, -0.25) is 19.8 Å². The Morgan fingerprint density at radius 1 is 0.931 bits per heavy atom. The Hall–Kier alpha value is -5.86. The van der Waals surface area contributed by atoms with Crippen LogP contribution in [0.4, 0.5) is 32.8 Å². The molecule has 11 rings (SSSR count). The second-order valence-electron chi connectivity index (χ2n) is 20.8. The number of aromatic nitrogens is 2. The van der Waals surface area contributed by atoms with E-state index >= 15 is 4.39 Å². The molecule has 19 heteroatoms. The van der Waals surface area contributed by atoms with Crippen LogP contribution in [-0.4, -0.2) is 118 Å². The molecule has 2 aromatic heterocycles. The van der Waals surface area contributed by atoms with E-state index in [1.807, 2.05) is 17.0 Å². The fourth-order valence-electron chi connectivity index (χ4n) is 12.2. The quantitative estimate of drug-likeness (QED) is 0.0795. The van der Waals surface area contributed by atoms with E-state index in [1.54, 1.807) is 12.1 Å². The van der Waals surface area contributed by atoms with Gasteiger partial charge in [0.1, 0.15) is 28.9 Å². The van der Waals surface area contributed by atoms with Crippen molar-refractivity contribution in [1.29, 1.82) is 0 Å². The number of piperidine rings is 1. The number of amides is 1. The maximum Gasteiger partial charge on any atom is 0.293 e. The molecule has 3 atom stereocenters. The monoisotopic (exact) mass is 1010 g/mol. The summed E-state index contributed by atoms with van der Waals surface area (Å²) in [4.78, 5) is 40.6. The molecule has 382 valence electrons. The van der Waals surface area contributed by atoms with Gasteiger partial charge in [0, 0.05) is 76.4 Å². The van der Waals surface area contributed by atoms with Gasteiger partial charge in [0.15, 0.2) is 0 Å². The molecular weight excluding hydrogens is 944 g/mol. The van der Waals surface area contributed by atoms with Gasteiger partial charge in [-0.15, -0.1) is 0 Å². The number of aromatic amines is 1. The molecule has 1 aliphatic carbocycles. The number of hydrogen-bond donors (Lipinski definition) is 3. The van der Waals surface area contributed by atoms with Crippen LogP contribution in [0.25, 0.3) is 11.0 Å². The number of nitro groups is 1. The normalized spacial score (nSPS) is 23.0. The van der Waals surface area contributed by atoms with Crippen LogP contribution in [0.2, 0.25) is 0 Å². The molecule has 5 fully saturated rings. The van der Waals surface area contributed by atoms with Gasteiger partial charge in [-0.25, -0.2) is 17.5 Å². The van der Waals surface area contributed by atoms with Gasteiger partial charge in [0.2, 0.25) is 5.88 Å². The standard InChI is InChI=1S/C53H63FN8O9S/c1-33(2)38-5-3-4-6-39(38)48-32-70-24-19-60(48)36-28-53(29-36)15-17-59(18-16-53)35-7-9-40(51(63)58-72(66,67)37-8-10-43(46(26-37)62(64)65)55-30-34-11-20-68-21-12-34)45(25-35)61-44-13-22-69-23-14-49(44)71-52-47(61)27-41-42(54)31-56-50(41)57-52/h3-10,25-27,31,33-34,36,44,48-49,55H,11-24,28-30,32H2,1-2H3,(H,56,57)(H,58,63)/t44-,48-,49-/m0/s1. The van der Waals surface area contributed by atoms with Crippen molar-refractivity contribution in [2.75, 3.05) is 80.9 Å². The maximum absolute atomic E-state index is 15.4. The number of nitro benzene ring substituents is 1. The van der Waals surface area contributed by atoms with Crippen molar-refractivity contribution in [2.45, 2.75) is 100 Å². The summed E-state index contributed by atoms with van der Waals surface area (Å²) in [6.07, 6.45) is 7.63. The molecule has 72 heavy (non-hydrogen) atoms. The largest absolute Gasteiger partial charge is 0.471 e. The number of rotatable bonds is 12. The summed E-state index contributed by atoms with van der Waals surface area (Å²) >= 11 is 0. The first kappa shape index (κ1) is 48.4. The second-order valence-corrected chi connectivity index (χ2v) is 22.5. The van der Waals surface area contributed by atoms with Crippen LogP contribution in [-0.2, 0) is 24.2 Å². The van der Waals surface area contributed by atoms with Gasteiger partial charge in [0.05, 0.1) is 58.4 Å². The molecule has 1 amide bonds. The predicted molar refractivity (Wildman–Crippen MR) is 270 cm³/mol. The number of fused-ring (bicyclic) bond motifs is 3. The number of carbonyl (C=O) groups excluding carboxylic acids is 1. The molecule has 3 N–H and O–H groups in total. The summed E-state index contributed by atoms with van der Waals surface area (Å²) in [6.45, 7) is 10.9. The van der Waals surface area contributed by atoms with E-state index < -0.39 is 49.4 Å². The Balaban J connectivity index is 0.889. The first-order valence-corrected chi connectivity index (χ1v) is 27.0. The van der Waals surface area contributed by atoms with Crippen LogP contribution >= 0.6 is 0 Å². The van der Waals surface area contributed by atoms with Gasteiger partial charge < -0.3 is 39.0 Å². The fourth-order valence-corrected chi connectivity index (χ4v) is 13.2. The van der Waals surface area contributed by atoms with Gasteiger partial charge in [-0.1, -0.05) is 38.1 Å².